The van der Waals surface area contributed by atoms with Crippen LogP contribution in [0.4, 0.5) is 10.1 Å². The number of anilines is 1. The molecule has 2 amide bonds. The molecule has 0 saturated carbocycles. The predicted molar refractivity (Wildman–Crippen MR) is 192 cm³/mol. The lowest BCUT2D eigenvalue weighted by Crippen LogP contribution is -2.49. The number of benzene rings is 1. The summed E-state index contributed by atoms with van der Waals surface area (Å²) in [7, 11) is 0. The number of hydrogen-bond acceptors (Lipinski definition) is 7. The number of rotatable bonds is 8. The van der Waals surface area contributed by atoms with Gasteiger partial charge in [-0.1, -0.05) is 32.9 Å². The van der Waals surface area contributed by atoms with Crippen LogP contribution in [0.15, 0.2) is 41.3 Å². The van der Waals surface area contributed by atoms with E-state index in [9.17, 15) is 14.4 Å². The molecule has 10 nitrogen and oxygen atoms in total. The highest BCUT2D eigenvalue weighted by Crippen LogP contribution is 2.53. The summed E-state index contributed by atoms with van der Waals surface area (Å²) in [6.45, 7) is 17.4. The summed E-state index contributed by atoms with van der Waals surface area (Å²) in [5.74, 6) is -0.403. The Balaban J connectivity index is 0.00000468. The molecule has 0 aliphatic carbocycles. The summed E-state index contributed by atoms with van der Waals surface area (Å²) in [6.07, 6.45) is 3.79. The first-order valence-corrected chi connectivity index (χ1v) is 18.2. The van der Waals surface area contributed by atoms with Crippen molar-refractivity contribution in [3.05, 3.63) is 58.4 Å². The molecular weight excluding hydrogens is 630 g/mol. The predicted octanol–water partition coefficient (Wildman–Crippen LogP) is 5.66. The lowest BCUT2D eigenvalue weighted by atomic mass is 9.91. The Bertz CT molecular complexity index is 1710. The SMILES string of the molecule is CC(C)N1CCN(c2c(F)cccc2[C@H]2S[C@@](C)(CC(=O)N3CCC(n4c(=O)[nH]c5ncccc54)CC3)C(=O)N2CCC(C)(C)C)CC1.[HH]. The van der Waals surface area contributed by atoms with E-state index in [0.29, 0.717) is 62.9 Å². The molecule has 3 aliphatic rings. The Hall–Kier alpha value is -3.38. The molecule has 3 aliphatic heterocycles. The van der Waals surface area contributed by atoms with E-state index in [1.54, 1.807) is 16.8 Å². The Morgan fingerprint density at radius 3 is 2.46 bits per heavy atom. The van der Waals surface area contributed by atoms with E-state index in [4.69, 9.17) is 0 Å². The fourth-order valence-corrected chi connectivity index (χ4v) is 8.98. The second-order valence-corrected chi connectivity index (χ2v) is 16.8. The van der Waals surface area contributed by atoms with Gasteiger partial charge in [-0.25, -0.2) is 14.2 Å². The number of halogens is 1. The third-order valence-electron chi connectivity index (χ3n) is 10.3. The zero-order valence-corrected chi connectivity index (χ0v) is 30.0. The van der Waals surface area contributed by atoms with Crippen molar-refractivity contribution in [2.75, 3.05) is 50.7 Å². The summed E-state index contributed by atoms with van der Waals surface area (Å²) in [5.41, 5.74) is 2.52. The number of nitrogens with one attached hydrogen (secondary N) is 1. The second-order valence-electron chi connectivity index (χ2n) is 15.3. The number of pyridine rings is 1. The number of hydrogen-bond donors (Lipinski definition) is 1. The minimum absolute atomic E-state index is 0. The highest BCUT2D eigenvalue weighted by Gasteiger charge is 2.52. The molecule has 0 radical (unpaired) electrons. The number of para-hydroxylation sites is 1. The number of carbonyl (C=O) groups is 2. The van der Waals surface area contributed by atoms with Crippen molar-refractivity contribution in [3.8, 4) is 0 Å². The van der Waals surface area contributed by atoms with Crippen LogP contribution < -0.4 is 10.6 Å². The number of carbonyl (C=O) groups excluding carboxylic acids is 2. The Kier molecular flexibility index (Phi) is 9.70. The molecule has 3 fully saturated rings. The van der Waals surface area contributed by atoms with Gasteiger partial charge in [0.25, 0.3) is 0 Å². The van der Waals surface area contributed by atoms with Crippen LogP contribution in [0.1, 0.15) is 85.6 Å². The van der Waals surface area contributed by atoms with E-state index < -0.39 is 10.1 Å². The average molecular weight is 682 g/mol. The number of likely N-dealkylation sites (tertiary alicyclic amines) is 1. The van der Waals surface area contributed by atoms with Gasteiger partial charge in [0.1, 0.15) is 15.9 Å². The zero-order valence-electron chi connectivity index (χ0n) is 29.2. The van der Waals surface area contributed by atoms with Gasteiger partial charge in [-0.05, 0) is 63.6 Å². The van der Waals surface area contributed by atoms with Gasteiger partial charge >= 0.3 is 5.69 Å². The second kappa shape index (κ2) is 13.5. The van der Waals surface area contributed by atoms with Crippen LogP contribution in [0, 0.1) is 11.2 Å². The molecule has 2 atom stereocenters. The number of amides is 2. The van der Waals surface area contributed by atoms with Gasteiger partial charge in [-0.15, -0.1) is 11.8 Å². The average Bonchev–Trinajstić information content (AvgIpc) is 3.51. The molecule has 1 N–H and O–H groups in total. The third kappa shape index (κ3) is 6.88. The smallest absolute Gasteiger partial charge is 0.327 e. The quantitative estimate of drug-likeness (QED) is 0.328. The van der Waals surface area contributed by atoms with Crippen LogP contribution in [-0.2, 0) is 9.59 Å². The fourth-order valence-electron chi connectivity index (χ4n) is 7.42. The summed E-state index contributed by atoms with van der Waals surface area (Å²) >= 11 is 1.49. The molecule has 1 aromatic carbocycles. The van der Waals surface area contributed by atoms with Crippen LogP contribution in [0.25, 0.3) is 11.2 Å². The monoisotopic (exact) mass is 681 g/mol. The Labute approximate surface area is 288 Å². The van der Waals surface area contributed by atoms with Crippen molar-refractivity contribution >= 4 is 40.4 Å². The van der Waals surface area contributed by atoms with Crippen LogP contribution in [0.3, 0.4) is 0 Å². The van der Waals surface area contributed by atoms with Crippen LogP contribution in [0.2, 0.25) is 0 Å². The number of H-pyrrole nitrogens is 1. The maximum Gasteiger partial charge on any atom is 0.327 e. The number of aromatic nitrogens is 3. The van der Waals surface area contributed by atoms with Gasteiger partial charge in [0.15, 0.2) is 5.65 Å². The lowest BCUT2D eigenvalue weighted by molar-refractivity contribution is -0.139. The number of piperidine rings is 1. The first-order chi connectivity index (χ1) is 22.8. The van der Waals surface area contributed by atoms with E-state index in [2.05, 4.69) is 54.4 Å². The number of nitrogens with zero attached hydrogens (tertiary/aromatic N) is 6. The van der Waals surface area contributed by atoms with E-state index >= 15 is 4.39 Å². The molecule has 0 bridgehead atoms. The van der Waals surface area contributed by atoms with Crippen molar-refractivity contribution < 1.29 is 15.4 Å². The van der Waals surface area contributed by atoms with Gasteiger partial charge in [0, 0.05) is 71.1 Å². The van der Waals surface area contributed by atoms with Gasteiger partial charge < -0.3 is 14.7 Å². The van der Waals surface area contributed by atoms with Gasteiger partial charge in [-0.3, -0.25) is 24.0 Å². The summed E-state index contributed by atoms with van der Waals surface area (Å²) in [4.78, 5) is 56.4. The minimum atomic E-state index is -0.990. The first-order valence-electron chi connectivity index (χ1n) is 17.3. The fraction of sp³-hybridized carbons (Fsp3) is 0.611. The molecule has 6 rings (SSSR count). The molecule has 5 heterocycles. The van der Waals surface area contributed by atoms with E-state index in [0.717, 1.165) is 30.6 Å². The zero-order chi connectivity index (χ0) is 34.4. The van der Waals surface area contributed by atoms with E-state index in [1.165, 1.54) is 17.8 Å². The molecule has 262 valence electrons. The number of imidazole rings is 1. The number of aromatic amines is 1. The maximum atomic E-state index is 15.8. The topological polar surface area (TPSA) is 97.8 Å². The van der Waals surface area contributed by atoms with Crippen LogP contribution in [0.5, 0.6) is 0 Å². The van der Waals surface area contributed by atoms with Crippen LogP contribution in [-0.4, -0.2) is 97.7 Å². The van der Waals surface area contributed by atoms with Crippen molar-refractivity contribution in [2.24, 2.45) is 5.41 Å². The van der Waals surface area contributed by atoms with Crippen molar-refractivity contribution in [1.29, 1.82) is 0 Å². The van der Waals surface area contributed by atoms with Gasteiger partial charge in [-0.2, -0.15) is 0 Å². The molecule has 12 heteroatoms. The summed E-state index contributed by atoms with van der Waals surface area (Å²) in [5, 5.41) is -0.403. The van der Waals surface area contributed by atoms with Crippen molar-refractivity contribution in [3.63, 3.8) is 0 Å². The minimum Gasteiger partial charge on any atom is -0.366 e. The molecular formula is C36H52FN7O3S. The lowest BCUT2D eigenvalue weighted by Gasteiger charge is -2.40. The van der Waals surface area contributed by atoms with Gasteiger partial charge in [0.05, 0.1) is 17.6 Å². The highest BCUT2D eigenvalue weighted by molar-refractivity contribution is 8.02. The first kappa shape index (κ1) is 34.5. The largest absolute Gasteiger partial charge is 0.366 e. The van der Waals surface area contributed by atoms with Crippen molar-refractivity contribution in [1.82, 2.24) is 29.2 Å². The number of thioether (sulfide) groups is 1. The molecule has 3 aromatic rings. The summed E-state index contributed by atoms with van der Waals surface area (Å²) in [6, 6.07) is 9.32. The number of piperazine rings is 1. The Morgan fingerprint density at radius 1 is 1.08 bits per heavy atom. The van der Waals surface area contributed by atoms with E-state index in [1.807, 2.05) is 34.9 Å². The third-order valence-corrected chi connectivity index (χ3v) is 11.8. The highest BCUT2D eigenvalue weighted by atomic mass is 32.2. The van der Waals surface area contributed by atoms with Crippen LogP contribution >= 0.6 is 11.8 Å². The maximum absolute atomic E-state index is 15.8. The van der Waals surface area contributed by atoms with Gasteiger partial charge in [0.2, 0.25) is 11.8 Å². The van der Waals surface area contributed by atoms with Crippen molar-refractivity contribution in [2.45, 2.75) is 89.4 Å². The van der Waals surface area contributed by atoms with E-state index in [-0.39, 0.29) is 42.6 Å². The number of fused-ring (bicyclic) bond motifs is 1. The summed E-state index contributed by atoms with van der Waals surface area (Å²) < 4.78 is 16.6. The molecule has 2 aromatic heterocycles. The molecule has 3 saturated heterocycles. The normalized spacial score (nSPS) is 23.2. The molecule has 48 heavy (non-hydrogen) atoms. The standard InChI is InChI=1S/C36H50FN7O3S.H2/c1-24(2)40-19-21-42(22-20-40)30-26(9-7-10-27(30)37)32-43(18-14-35(3,4)5)33(46)36(6,48-32)23-29(45)41-16-12-25(13-17-41)44-28-11-8-15-38-31(28)39-34(44)47;/h7-11,15,24-25,32H,12-14,16-23H2,1-6H3,(H,38,39,47);1H/t32-,36+;/m1./s1. The Morgan fingerprint density at radius 2 is 1.79 bits per heavy atom. The molecule has 0 unspecified atom stereocenters. The molecule has 0 spiro atoms.